The van der Waals surface area contributed by atoms with E-state index in [1.165, 1.54) is 18.4 Å². The summed E-state index contributed by atoms with van der Waals surface area (Å²) in [5, 5.41) is 8.64. The molecule has 4 atom stereocenters. The number of carboxylic acids is 1. The molecule has 44 heavy (non-hydrogen) atoms. The number of carboxylic acid groups (broad SMARTS) is 1. The summed E-state index contributed by atoms with van der Waals surface area (Å²) in [5.41, 5.74) is 10.6. The number of carbonyl (C=O) groups excluding carboxylic acids is 3. The number of carbonyl (C=O) groups is 4. The summed E-state index contributed by atoms with van der Waals surface area (Å²) in [6.45, 7) is 7.26. The van der Waals surface area contributed by atoms with Gasteiger partial charge >= 0.3 is 18.0 Å². The molecule has 2 aliphatic heterocycles. The van der Waals surface area contributed by atoms with Gasteiger partial charge in [0, 0.05) is 18.9 Å². The number of unbranched alkanes of at least 4 members (excludes halogenated alkanes) is 2. The predicted molar refractivity (Wildman–Crippen MR) is 177 cm³/mol. The molecular formula is C31H58Cl2N4O7. The van der Waals surface area contributed by atoms with Crippen LogP contribution in [0.25, 0.3) is 0 Å². The Kier molecular flexibility index (Phi) is 23.3. The number of nitrogens with zero attached hydrogens (tertiary/aromatic N) is 2. The molecule has 0 aromatic rings. The van der Waals surface area contributed by atoms with E-state index in [0.29, 0.717) is 18.9 Å². The van der Waals surface area contributed by atoms with Crippen LogP contribution in [0.2, 0.25) is 0 Å². The summed E-state index contributed by atoms with van der Waals surface area (Å²) >= 11 is 0. The van der Waals surface area contributed by atoms with Gasteiger partial charge in [0.15, 0.2) is 0 Å². The van der Waals surface area contributed by atoms with Gasteiger partial charge in [-0.25, -0.2) is 9.69 Å². The highest BCUT2D eigenvalue weighted by molar-refractivity contribution is 5.92. The lowest BCUT2D eigenvalue weighted by molar-refractivity contribution is -0.145. The zero-order chi connectivity index (χ0) is 31.7. The van der Waals surface area contributed by atoms with Crippen LogP contribution in [0.4, 0.5) is 4.79 Å². The first-order valence-corrected chi connectivity index (χ1v) is 15.7. The van der Waals surface area contributed by atoms with Gasteiger partial charge in [-0.3, -0.25) is 19.4 Å². The number of ether oxygens (including phenoxy) is 2. The van der Waals surface area contributed by atoms with Crippen LogP contribution in [0.5, 0.6) is 0 Å². The summed E-state index contributed by atoms with van der Waals surface area (Å²) in [7, 11) is 1.40. The van der Waals surface area contributed by atoms with Crippen molar-refractivity contribution in [1.82, 2.24) is 4.90 Å². The molecule has 0 unspecified atom stereocenters. The molecule has 13 heteroatoms. The molecule has 11 nitrogen and oxygen atoms in total. The average molecular weight is 670 g/mol. The first-order valence-electron chi connectivity index (χ1n) is 15.7. The number of amidine groups is 1. The molecule has 0 bridgehead atoms. The van der Waals surface area contributed by atoms with Crippen molar-refractivity contribution >= 4 is 54.6 Å². The zero-order valence-corrected chi connectivity index (χ0v) is 29.0. The van der Waals surface area contributed by atoms with Gasteiger partial charge in [-0.1, -0.05) is 45.4 Å². The van der Waals surface area contributed by atoms with Gasteiger partial charge in [0.1, 0.15) is 11.6 Å². The van der Waals surface area contributed by atoms with Gasteiger partial charge < -0.3 is 26.0 Å². The number of methoxy groups -OCH3 is 1. The van der Waals surface area contributed by atoms with Crippen LogP contribution in [-0.4, -0.2) is 70.6 Å². The monoisotopic (exact) mass is 668 g/mol. The molecule has 2 amide bonds. The van der Waals surface area contributed by atoms with Gasteiger partial charge in [-0.2, -0.15) is 0 Å². The molecular weight excluding hydrogens is 611 g/mol. The summed E-state index contributed by atoms with van der Waals surface area (Å²) in [6, 6.07) is -0.505. The van der Waals surface area contributed by atoms with E-state index < -0.39 is 23.7 Å². The minimum Gasteiger partial charge on any atom is -0.480 e. The van der Waals surface area contributed by atoms with Crippen LogP contribution < -0.4 is 11.5 Å². The van der Waals surface area contributed by atoms with Crippen molar-refractivity contribution < 1.29 is 33.8 Å². The van der Waals surface area contributed by atoms with E-state index >= 15 is 0 Å². The SMILES string of the molecule is COC(=O)[C@H](C)CCCC[C@@H]1CCCCC(=O)N1C(=O)OC(C)(C)C.Cl.Cl.NC1=N[C@H](CCCC[C@@H](N)C(=O)O)CCCC1. The largest absolute Gasteiger partial charge is 0.480 e. The molecule has 0 spiro atoms. The Labute approximate surface area is 276 Å². The predicted octanol–water partition coefficient (Wildman–Crippen LogP) is 6.16. The van der Waals surface area contributed by atoms with E-state index in [2.05, 4.69) is 4.99 Å². The maximum Gasteiger partial charge on any atom is 0.417 e. The van der Waals surface area contributed by atoms with Crippen LogP contribution >= 0.6 is 24.8 Å². The first kappa shape index (κ1) is 44.0. The van der Waals surface area contributed by atoms with Crippen molar-refractivity contribution in [3.8, 4) is 0 Å². The van der Waals surface area contributed by atoms with Gasteiger partial charge in [0.05, 0.1) is 24.9 Å². The number of nitrogens with two attached hydrogens (primary N) is 2. The maximum atomic E-state index is 12.5. The third-order valence-electron chi connectivity index (χ3n) is 7.62. The fourth-order valence-corrected chi connectivity index (χ4v) is 5.22. The number of hydrogen-bond donors (Lipinski definition) is 3. The van der Waals surface area contributed by atoms with E-state index in [4.69, 9.17) is 26.0 Å². The van der Waals surface area contributed by atoms with Crippen molar-refractivity contribution in [3.05, 3.63) is 0 Å². The summed E-state index contributed by atoms with van der Waals surface area (Å²) in [4.78, 5) is 52.6. The number of amides is 2. The van der Waals surface area contributed by atoms with Crippen molar-refractivity contribution in [2.24, 2.45) is 22.4 Å². The van der Waals surface area contributed by atoms with Crippen LogP contribution in [0, 0.1) is 5.92 Å². The molecule has 1 fully saturated rings. The van der Waals surface area contributed by atoms with Crippen molar-refractivity contribution in [3.63, 3.8) is 0 Å². The molecule has 258 valence electrons. The highest BCUT2D eigenvalue weighted by Gasteiger charge is 2.34. The van der Waals surface area contributed by atoms with Crippen LogP contribution in [0.1, 0.15) is 130 Å². The van der Waals surface area contributed by atoms with E-state index in [1.54, 1.807) is 20.8 Å². The Hall–Kier alpha value is -2.11. The average Bonchev–Trinajstić information content (AvgIpc) is 3.24. The van der Waals surface area contributed by atoms with Gasteiger partial charge in [0.2, 0.25) is 5.91 Å². The standard InChI is InChI=1S/C19H33NO5.C12H23N3O2.2ClH/c1-14(17(22)24-5)10-6-7-11-15-12-8-9-13-16(21)20(15)18(23)25-19(2,3)4;13-10(12(16)17)7-3-1-5-9-6-2-4-8-11(14)15-9;;/h14-15H,6-13H2,1-5H3;9-10H,1-8,13H2,(H2,14,15)(H,16,17);2*1H/t14-,15-;9-,10-;;/m11../s1. The van der Waals surface area contributed by atoms with Crippen LogP contribution in [0.15, 0.2) is 4.99 Å². The molecule has 0 saturated carbocycles. The summed E-state index contributed by atoms with van der Waals surface area (Å²) in [6.07, 6.45) is 13.4. The molecule has 5 N–H and O–H groups in total. The smallest absolute Gasteiger partial charge is 0.417 e. The minimum atomic E-state index is -0.915. The molecule has 2 aliphatic rings. The minimum absolute atomic E-state index is 0. The highest BCUT2D eigenvalue weighted by atomic mass is 35.5. The fourth-order valence-electron chi connectivity index (χ4n) is 5.22. The summed E-state index contributed by atoms with van der Waals surface area (Å²) < 4.78 is 10.2. The highest BCUT2D eigenvalue weighted by Crippen LogP contribution is 2.25. The number of likely N-dealkylation sites (tertiary alicyclic amines) is 1. The maximum absolute atomic E-state index is 12.5. The van der Waals surface area contributed by atoms with E-state index in [0.717, 1.165) is 89.3 Å². The van der Waals surface area contributed by atoms with Gasteiger partial charge in [-0.05, 0) is 72.1 Å². The topological polar surface area (TPSA) is 175 Å². The second-order valence-electron chi connectivity index (χ2n) is 12.6. The number of esters is 1. The number of halogens is 2. The third kappa shape index (κ3) is 18.6. The van der Waals surface area contributed by atoms with E-state index in [9.17, 15) is 19.2 Å². The second kappa shape index (κ2) is 23.3. The first-order chi connectivity index (χ1) is 19.7. The second-order valence-corrected chi connectivity index (χ2v) is 12.6. The molecule has 0 aromatic heterocycles. The number of imide groups is 1. The van der Waals surface area contributed by atoms with Crippen molar-refractivity contribution in [2.75, 3.05) is 7.11 Å². The van der Waals surface area contributed by atoms with Crippen LogP contribution in [0.3, 0.4) is 0 Å². The Bertz CT molecular complexity index is 899. The van der Waals surface area contributed by atoms with Gasteiger partial charge in [0.25, 0.3) is 0 Å². The Balaban J connectivity index is 0. The number of hydrogen-bond acceptors (Lipinski definition) is 9. The van der Waals surface area contributed by atoms with Crippen molar-refractivity contribution in [2.45, 2.75) is 154 Å². The normalized spacial score (nSPS) is 20.1. The Morgan fingerprint density at radius 2 is 1.57 bits per heavy atom. The lowest BCUT2D eigenvalue weighted by atomic mass is 9.99. The van der Waals surface area contributed by atoms with E-state index in [-0.39, 0.29) is 48.7 Å². The molecule has 1 saturated heterocycles. The molecule has 0 radical (unpaired) electrons. The Morgan fingerprint density at radius 1 is 0.977 bits per heavy atom. The molecule has 0 aromatic carbocycles. The lowest BCUT2D eigenvalue weighted by Crippen LogP contribution is -2.46. The molecule has 0 aliphatic carbocycles. The fraction of sp³-hybridized carbons (Fsp3) is 0.839. The summed E-state index contributed by atoms with van der Waals surface area (Å²) in [5.74, 6) is -0.598. The molecule has 2 rings (SSSR count). The quantitative estimate of drug-likeness (QED) is 0.162. The van der Waals surface area contributed by atoms with Crippen LogP contribution in [-0.2, 0) is 23.9 Å². The van der Waals surface area contributed by atoms with E-state index in [1.807, 2.05) is 6.92 Å². The molecule has 2 heterocycles. The lowest BCUT2D eigenvalue weighted by Gasteiger charge is -2.31. The zero-order valence-electron chi connectivity index (χ0n) is 27.4. The van der Waals surface area contributed by atoms with Crippen molar-refractivity contribution in [1.29, 1.82) is 0 Å². The number of rotatable bonds is 12. The Morgan fingerprint density at radius 3 is 2.18 bits per heavy atom. The third-order valence-corrected chi connectivity index (χ3v) is 7.62. The number of aliphatic carboxylic acids is 1. The van der Waals surface area contributed by atoms with Gasteiger partial charge in [-0.15, -0.1) is 24.8 Å². The number of aliphatic imine (C=N–C) groups is 1.